The molecule has 1 aromatic rings. The molecular weight excluding hydrogens is 256 g/mol. The van der Waals surface area contributed by atoms with Crippen molar-refractivity contribution in [1.82, 2.24) is 0 Å². The second-order valence-corrected chi connectivity index (χ2v) is 5.01. The van der Waals surface area contributed by atoms with Crippen LogP contribution >= 0.6 is 0 Å². The molecule has 1 aromatic carbocycles. The first kappa shape index (κ1) is 14.1. The molecule has 2 N–H and O–H groups in total. The molecule has 104 valence electrons. The summed E-state index contributed by atoms with van der Waals surface area (Å²) in [5.41, 5.74) is 1.10. The van der Waals surface area contributed by atoms with Gasteiger partial charge in [-0.3, -0.25) is 9.59 Å². The van der Waals surface area contributed by atoms with Gasteiger partial charge in [-0.2, -0.15) is 5.26 Å². The van der Waals surface area contributed by atoms with Crippen molar-refractivity contribution in [2.24, 2.45) is 11.8 Å². The number of carboxylic acid groups (broad SMARTS) is 1. The molecule has 0 bridgehead atoms. The van der Waals surface area contributed by atoms with Gasteiger partial charge in [-0.15, -0.1) is 0 Å². The van der Waals surface area contributed by atoms with E-state index in [1.807, 2.05) is 6.07 Å². The van der Waals surface area contributed by atoms with Crippen molar-refractivity contribution in [3.05, 3.63) is 29.8 Å². The molecule has 0 unspecified atom stereocenters. The van der Waals surface area contributed by atoms with Crippen molar-refractivity contribution in [3.8, 4) is 6.07 Å². The van der Waals surface area contributed by atoms with Crippen LogP contribution < -0.4 is 5.32 Å². The highest BCUT2D eigenvalue weighted by molar-refractivity contribution is 5.95. The average molecular weight is 272 g/mol. The first-order chi connectivity index (χ1) is 9.61. The van der Waals surface area contributed by atoms with Crippen molar-refractivity contribution < 1.29 is 14.7 Å². The van der Waals surface area contributed by atoms with Gasteiger partial charge < -0.3 is 10.4 Å². The maximum Gasteiger partial charge on any atom is 0.307 e. The Hall–Kier alpha value is -2.35. The minimum absolute atomic E-state index is 0.248. The largest absolute Gasteiger partial charge is 0.481 e. The molecule has 0 saturated heterocycles. The highest BCUT2D eigenvalue weighted by atomic mass is 16.4. The van der Waals surface area contributed by atoms with Crippen LogP contribution in [0.1, 0.15) is 31.2 Å². The Kier molecular flexibility index (Phi) is 4.36. The standard InChI is InChI=1S/C15H16N2O3/c16-9-10-5-7-11(8-6-10)17-14(18)12-3-1-2-4-13(12)15(19)20/h5-8,12-13H,1-4H2,(H,17,18)(H,19,20)/t12-,13+/m0/s1. The summed E-state index contributed by atoms with van der Waals surface area (Å²) in [6.07, 6.45) is 2.91. The summed E-state index contributed by atoms with van der Waals surface area (Å²) in [6, 6.07) is 8.53. The maximum absolute atomic E-state index is 12.2. The van der Waals surface area contributed by atoms with Gasteiger partial charge in [0.05, 0.1) is 23.5 Å². The molecule has 0 heterocycles. The fourth-order valence-electron chi connectivity index (χ4n) is 2.60. The van der Waals surface area contributed by atoms with Crippen molar-refractivity contribution in [3.63, 3.8) is 0 Å². The number of rotatable bonds is 3. The second kappa shape index (κ2) is 6.20. The minimum atomic E-state index is -0.898. The molecule has 1 saturated carbocycles. The van der Waals surface area contributed by atoms with Crippen LogP contribution in [0, 0.1) is 23.2 Å². The monoisotopic (exact) mass is 272 g/mol. The van der Waals surface area contributed by atoms with Crippen LogP contribution in [-0.2, 0) is 9.59 Å². The highest BCUT2D eigenvalue weighted by Crippen LogP contribution is 2.31. The lowest BCUT2D eigenvalue weighted by molar-refractivity contribution is -0.147. The van der Waals surface area contributed by atoms with Crippen molar-refractivity contribution in [2.45, 2.75) is 25.7 Å². The van der Waals surface area contributed by atoms with Gasteiger partial charge in [0.1, 0.15) is 0 Å². The Bertz CT molecular complexity index is 545. The number of hydrogen-bond donors (Lipinski definition) is 2. The zero-order valence-corrected chi connectivity index (χ0v) is 11.0. The lowest BCUT2D eigenvalue weighted by Gasteiger charge is -2.27. The first-order valence-corrected chi connectivity index (χ1v) is 6.65. The fraction of sp³-hybridized carbons (Fsp3) is 0.400. The SMILES string of the molecule is N#Cc1ccc(NC(=O)[C@H]2CCCC[C@H]2C(=O)O)cc1. The van der Waals surface area contributed by atoms with Gasteiger partial charge in [0.25, 0.3) is 0 Å². The van der Waals surface area contributed by atoms with E-state index in [-0.39, 0.29) is 5.91 Å². The highest BCUT2D eigenvalue weighted by Gasteiger charge is 2.35. The van der Waals surface area contributed by atoms with Crippen molar-refractivity contribution >= 4 is 17.6 Å². The average Bonchev–Trinajstić information content (AvgIpc) is 2.48. The van der Waals surface area contributed by atoms with E-state index in [1.165, 1.54) is 0 Å². The number of aliphatic carboxylic acids is 1. The van der Waals surface area contributed by atoms with E-state index in [4.69, 9.17) is 5.26 Å². The fourth-order valence-corrected chi connectivity index (χ4v) is 2.60. The topological polar surface area (TPSA) is 90.2 Å². The number of carbonyl (C=O) groups excluding carboxylic acids is 1. The van der Waals surface area contributed by atoms with E-state index in [1.54, 1.807) is 24.3 Å². The van der Waals surface area contributed by atoms with E-state index >= 15 is 0 Å². The molecule has 5 nitrogen and oxygen atoms in total. The summed E-state index contributed by atoms with van der Waals surface area (Å²) in [6.45, 7) is 0. The number of carbonyl (C=O) groups is 2. The normalized spacial score (nSPS) is 21.8. The van der Waals surface area contributed by atoms with E-state index in [0.29, 0.717) is 24.1 Å². The first-order valence-electron chi connectivity index (χ1n) is 6.65. The van der Waals surface area contributed by atoms with Crippen LogP contribution in [0.15, 0.2) is 24.3 Å². The van der Waals surface area contributed by atoms with E-state index in [2.05, 4.69) is 5.32 Å². The molecule has 0 aromatic heterocycles. The summed E-state index contributed by atoms with van der Waals surface area (Å²) < 4.78 is 0. The van der Waals surface area contributed by atoms with E-state index in [9.17, 15) is 14.7 Å². The maximum atomic E-state index is 12.2. The minimum Gasteiger partial charge on any atom is -0.481 e. The second-order valence-electron chi connectivity index (χ2n) is 5.01. The Morgan fingerprint density at radius 1 is 1.15 bits per heavy atom. The van der Waals surface area contributed by atoms with E-state index < -0.39 is 17.8 Å². The molecule has 5 heteroatoms. The zero-order chi connectivity index (χ0) is 14.5. The number of nitrogens with one attached hydrogen (secondary N) is 1. The molecule has 1 aliphatic carbocycles. The third-order valence-electron chi connectivity index (χ3n) is 3.70. The molecule has 0 aliphatic heterocycles. The van der Waals surface area contributed by atoms with Crippen LogP contribution in [0.5, 0.6) is 0 Å². The molecule has 0 radical (unpaired) electrons. The smallest absolute Gasteiger partial charge is 0.307 e. The number of anilines is 1. The van der Waals surface area contributed by atoms with E-state index in [0.717, 1.165) is 12.8 Å². The molecule has 1 amide bonds. The molecule has 1 aliphatic rings. The van der Waals surface area contributed by atoms with Gasteiger partial charge in [-0.1, -0.05) is 12.8 Å². The van der Waals surface area contributed by atoms with Gasteiger partial charge in [-0.25, -0.2) is 0 Å². The number of nitrogens with zero attached hydrogens (tertiary/aromatic N) is 1. The Balaban J connectivity index is 2.06. The molecule has 2 atom stereocenters. The molecule has 20 heavy (non-hydrogen) atoms. The molecule has 1 fully saturated rings. The van der Waals surface area contributed by atoms with Crippen LogP contribution in [0.2, 0.25) is 0 Å². The molecular formula is C15H16N2O3. The lowest BCUT2D eigenvalue weighted by Crippen LogP contribution is -2.36. The van der Waals surface area contributed by atoms with Crippen LogP contribution in [0.25, 0.3) is 0 Å². The number of nitriles is 1. The zero-order valence-electron chi connectivity index (χ0n) is 11.0. The summed E-state index contributed by atoms with van der Waals surface area (Å²) in [4.78, 5) is 23.4. The summed E-state index contributed by atoms with van der Waals surface area (Å²) in [7, 11) is 0. The predicted octanol–water partition coefficient (Wildman–Crippen LogP) is 2.39. The van der Waals surface area contributed by atoms with Gasteiger partial charge in [-0.05, 0) is 37.1 Å². The number of benzene rings is 1. The Morgan fingerprint density at radius 3 is 2.30 bits per heavy atom. The van der Waals surface area contributed by atoms with Crippen LogP contribution in [-0.4, -0.2) is 17.0 Å². The predicted molar refractivity (Wildman–Crippen MR) is 72.9 cm³/mol. The van der Waals surface area contributed by atoms with Crippen LogP contribution in [0.4, 0.5) is 5.69 Å². The van der Waals surface area contributed by atoms with Gasteiger partial charge in [0.15, 0.2) is 0 Å². The van der Waals surface area contributed by atoms with Crippen molar-refractivity contribution in [1.29, 1.82) is 5.26 Å². The summed E-state index contributed by atoms with van der Waals surface area (Å²) >= 11 is 0. The number of carboxylic acids is 1. The van der Waals surface area contributed by atoms with Gasteiger partial charge >= 0.3 is 5.97 Å². The lowest BCUT2D eigenvalue weighted by atomic mass is 9.78. The summed E-state index contributed by atoms with van der Waals surface area (Å²) in [5.74, 6) is -2.22. The van der Waals surface area contributed by atoms with Crippen LogP contribution in [0.3, 0.4) is 0 Å². The van der Waals surface area contributed by atoms with Crippen molar-refractivity contribution in [2.75, 3.05) is 5.32 Å². The molecule has 0 spiro atoms. The number of hydrogen-bond acceptors (Lipinski definition) is 3. The Labute approximate surface area is 117 Å². The third-order valence-corrected chi connectivity index (χ3v) is 3.70. The third kappa shape index (κ3) is 3.15. The quantitative estimate of drug-likeness (QED) is 0.884. The Morgan fingerprint density at radius 2 is 1.75 bits per heavy atom. The number of amides is 1. The molecule has 2 rings (SSSR count). The summed E-state index contributed by atoms with van der Waals surface area (Å²) in [5, 5.41) is 20.6. The van der Waals surface area contributed by atoms with Gasteiger partial charge in [0.2, 0.25) is 5.91 Å². The van der Waals surface area contributed by atoms with Gasteiger partial charge in [0, 0.05) is 5.69 Å².